The van der Waals surface area contributed by atoms with Gasteiger partial charge in [-0.1, -0.05) is 53.7 Å². The fourth-order valence-electron chi connectivity index (χ4n) is 5.46. The Morgan fingerprint density at radius 3 is 2.00 bits per heavy atom. The van der Waals surface area contributed by atoms with Gasteiger partial charge in [0.25, 0.3) is 0 Å². The Labute approximate surface area is 215 Å². The Kier molecular flexibility index (Phi) is 23.9. The zero-order valence-corrected chi connectivity index (χ0v) is 22.9. The molecule has 8 heteroatoms. The summed E-state index contributed by atoms with van der Waals surface area (Å²) in [5, 5.41) is 3.86. The zero-order valence-electron chi connectivity index (χ0n) is 22.1. The third kappa shape index (κ3) is 12.6. The molecule has 2 heterocycles. The molecule has 3 rings (SSSR count). The summed E-state index contributed by atoms with van der Waals surface area (Å²) in [6.07, 6.45) is 10.1. The number of nitrogens with zero attached hydrogens (tertiary/aromatic N) is 2. The maximum absolute atomic E-state index is 6.26. The monoisotopic (exact) mass is 513 g/mol. The Bertz CT molecular complexity index is 514. The van der Waals surface area contributed by atoms with Gasteiger partial charge in [0.1, 0.15) is 0 Å². The summed E-state index contributed by atoms with van der Waals surface area (Å²) < 4.78 is 0. The molecule has 34 heavy (non-hydrogen) atoms. The molecular formula is C26H60ClN3O4. The summed E-state index contributed by atoms with van der Waals surface area (Å²) in [5.74, 6) is 1.44. The third-order valence-electron chi connectivity index (χ3n) is 7.41. The van der Waals surface area contributed by atoms with Gasteiger partial charge in [-0.2, -0.15) is 0 Å². The van der Waals surface area contributed by atoms with E-state index in [4.69, 9.17) is 11.6 Å². The first-order valence-corrected chi connectivity index (χ1v) is 12.7. The van der Waals surface area contributed by atoms with Crippen molar-refractivity contribution < 1.29 is 21.9 Å². The van der Waals surface area contributed by atoms with Gasteiger partial charge in [0.15, 0.2) is 0 Å². The van der Waals surface area contributed by atoms with Gasteiger partial charge in [-0.25, -0.2) is 0 Å². The molecule has 0 amide bonds. The molecule has 0 aromatic rings. The fraction of sp³-hybridized carbons (Fsp3) is 0.923. The maximum atomic E-state index is 6.26. The summed E-state index contributed by atoms with van der Waals surface area (Å²) >= 11 is 6.26. The van der Waals surface area contributed by atoms with Crippen molar-refractivity contribution in [3.63, 3.8) is 0 Å². The summed E-state index contributed by atoms with van der Waals surface area (Å²) in [7, 11) is 2.10. The highest BCUT2D eigenvalue weighted by atomic mass is 35.5. The van der Waals surface area contributed by atoms with Crippen LogP contribution in [0.2, 0.25) is 0 Å². The summed E-state index contributed by atoms with van der Waals surface area (Å²) in [4.78, 5) is 5.16. The molecule has 2 fully saturated rings. The van der Waals surface area contributed by atoms with E-state index < -0.39 is 0 Å². The van der Waals surface area contributed by atoms with E-state index in [9.17, 15) is 0 Å². The van der Waals surface area contributed by atoms with E-state index in [1.54, 1.807) is 5.57 Å². The number of hydrogen-bond donors (Lipinski definition) is 1. The number of piperidine rings is 1. The molecule has 2 saturated heterocycles. The molecule has 1 aliphatic carbocycles. The van der Waals surface area contributed by atoms with Gasteiger partial charge < -0.3 is 37.0 Å². The molecule has 7 nitrogen and oxygen atoms in total. The standard InChI is InChI=1S/C19H35ClN2.C6H13N.CH4.4H2O/c1-14(2)18(21-5)12-22-11-10-17(19(3,4)13-22)15-6-8-16(20)9-7-15;1-2-7-5-3-4-6-7;;;;;/h6,14,16-18,21H,7-13H2,1-5H3;2-6H2,1H3;1H4;4*1H2/t16?,17?,18-;;;;;;/m0....../s1. The minimum atomic E-state index is 0. The first kappa shape index (κ1) is 40.9. The second kappa shape index (κ2) is 19.9. The minimum Gasteiger partial charge on any atom is -0.412 e. The first-order valence-electron chi connectivity index (χ1n) is 12.2. The van der Waals surface area contributed by atoms with Crippen LogP contribution in [0, 0.1) is 17.3 Å². The van der Waals surface area contributed by atoms with Crippen LogP contribution in [-0.2, 0) is 0 Å². The second-order valence-electron chi connectivity index (χ2n) is 10.5. The molecule has 2 unspecified atom stereocenters. The molecular weight excluding hydrogens is 454 g/mol. The lowest BCUT2D eigenvalue weighted by molar-refractivity contribution is 0.0607. The number of allylic oxidation sites excluding steroid dienone is 2. The molecule has 0 aromatic carbocycles. The van der Waals surface area contributed by atoms with Gasteiger partial charge in [0, 0.05) is 24.5 Å². The number of likely N-dealkylation sites (tertiary alicyclic amines) is 2. The molecule has 0 bridgehead atoms. The lowest BCUT2D eigenvalue weighted by Gasteiger charge is -2.47. The van der Waals surface area contributed by atoms with Crippen LogP contribution in [0.1, 0.15) is 80.6 Å². The SMILES string of the molecule is C.CCN1CCCC1.CN[C@@H](CN1CCC(C2=CCC(Cl)CC2)C(C)(C)C1)C(C)C.O.O.O.O. The Morgan fingerprint density at radius 2 is 1.62 bits per heavy atom. The highest BCUT2D eigenvalue weighted by Gasteiger charge is 2.38. The van der Waals surface area contributed by atoms with Crippen LogP contribution in [-0.4, -0.2) is 89.4 Å². The van der Waals surface area contributed by atoms with Crippen molar-refractivity contribution in [3.8, 4) is 0 Å². The zero-order chi connectivity index (χ0) is 21.4. The largest absolute Gasteiger partial charge is 0.412 e. The van der Waals surface area contributed by atoms with Crippen LogP contribution in [0.5, 0.6) is 0 Å². The van der Waals surface area contributed by atoms with Crippen molar-refractivity contribution in [2.75, 3.05) is 46.3 Å². The van der Waals surface area contributed by atoms with Gasteiger partial charge in [0.05, 0.1) is 0 Å². The molecule has 0 aromatic heterocycles. The van der Waals surface area contributed by atoms with Gasteiger partial charge in [0.2, 0.25) is 0 Å². The number of hydrogen-bond acceptors (Lipinski definition) is 3. The molecule has 0 saturated carbocycles. The van der Waals surface area contributed by atoms with Gasteiger partial charge in [-0.05, 0) is 89.0 Å². The number of rotatable bonds is 6. The highest BCUT2D eigenvalue weighted by Crippen LogP contribution is 2.43. The van der Waals surface area contributed by atoms with Gasteiger partial charge in [-0.3, -0.25) is 0 Å². The first-order chi connectivity index (χ1) is 13.8. The van der Waals surface area contributed by atoms with Gasteiger partial charge in [-0.15, -0.1) is 11.6 Å². The molecule has 0 spiro atoms. The van der Waals surface area contributed by atoms with Crippen LogP contribution >= 0.6 is 11.6 Å². The average molecular weight is 514 g/mol. The highest BCUT2D eigenvalue weighted by molar-refractivity contribution is 6.20. The Balaban J connectivity index is -0.000000326. The van der Waals surface area contributed by atoms with Crippen molar-refractivity contribution in [2.24, 2.45) is 17.3 Å². The van der Waals surface area contributed by atoms with E-state index in [0.29, 0.717) is 22.8 Å². The van der Waals surface area contributed by atoms with Crippen molar-refractivity contribution in [1.29, 1.82) is 0 Å². The van der Waals surface area contributed by atoms with Crippen LogP contribution < -0.4 is 5.32 Å². The second-order valence-corrected chi connectivity index (χ2v) is 11.1. The number of likely N-dealkylation sites (N-methyl/N-ethyl adjacent to an activating group) is 1. The van der Waals surface area contributed by atoms with Crippen molar-refractivity contribution in [3.05, 3.63) is 11.6 Å². The van der Waals surface area contributed by atoms with E-state index in [2.05, 4.69) is 62.9 Å². The summed E-state index contributed by atoms with van der Waals surface area (Å²) in [5.41, 5.74) is 2.06. The minimum absolute atomic E-state index is 0. The van der Waals surface area contributed by atoms with Crippen molar-refractivity contribution >= 4 is 11.6 Å². The Morgan fingerprint density at radius 1 is 1.03 bits per heavy atom. The van der Waals surface area contributed by atoms with E-state index in [-0.39, 0.29) is 29.3 Å². The predicted octanol–water partition coefficient (Wildman–Crippen LogP) is 2.74. The quantitative estimate of drug-likeness (QED) is 0.430. The van der Waals surface area contributed by atoms with E-state index >= 15 is 0 Å². The summed E-state index contributed by atoms with van der Waals surface area (Å²) in [6, 6.07) is 0.596. The lowest BCUT2D eigenvalue weighted by Crippen LogP contribution is -2.51. The molecule has 2 aliphatic heterocycles. The van der Waals surface area contributed by atoms with Crippen molar-refractivity contribution in [1.82, 2.24) is 15.1 Å². The van der Waals surface area contributed by atoms with Crippen LogP contribution in [0.15, 0.2) is 11.6 Å². The topological polar surface area (TPSA) is 145 Å². The normalized spacial score (nSPS) is 25.0. The Hall–Kier alpha value is -0.250. The predicted molar refractivity (Wildman–Crippen MR) is 150 cm³/mol. The molecule has 3 atom stereocenters. The van der Waals surface area contributed by atoms with Crippen molar-refractivity contribution in [2.45, 2.75) is 92.0 Å². The molecule has 9 N–H and O–H groups in total. The molecule has 0 radical (unpaired) electrons. The van der Waals surface area contributed by atoms with E-state index in [0.717, 1.165) is 12.3 Å². The number of alkyl halides is 1. The van der Waals surface area contributed by atoms with E-state index in [1.165, 1.54) is 71.4 Å². The summed E-state index contributed by atoms with van der Waals surface area (Å²) in [6.45, 7) is 19.3. The molecule has 3 aliphatic rings. The number of halogens is 1. The maximum Gasteiger partial charge on any atom is 0.0373 e. The number of nitrogens with one attached hydrogen (secondary N) is 1. The fourth-order valence-corrected chi connectivity index (χ4v) is 5.66. The average Bonchev–Trinajstić information content (AvgIpc) is 3.21. The molecule has 210 valence electrons. The van der Waals surface area contributed by atoms with E-state index in [1.807, 2.05) is 0 Å². The van der Waals surface area contributed by atoms with Crippen LogP contribution in [0.4, 0.5) is 0 Å². The van der Waals surface area contributed by atoms with Crippen LogP contribution in [0.3, 0.4) is 0 Å². The van der Waals surface area contributed by atoms with Gasteiger partial charge >= 0.3 is 0 Å². The van der Waals surface area contributed by atoms with Crippen LogP contribution in [0.25, 0.3) is 0 Å². The lowest BCUT2D eigenvalue weighted by atomic mass is 9.68. The third-order valence-corrected chi connectivity index (χ3v) is 7.81. The smallest absolute Gasteiger partial charge is 0.0373 e.